The van der Waals surface area contributed by atoms with E-state index in [1.165, 1.54) is 0 Å². The molecule has 5 heteroatoms. The molecule has 0 saturated carbocycles. The molecule has 0 aliphatic rings. The summed E-state index contributed by atoms with van der Waals surface area (Å²) in [5.41, 5.74) is 1.92. The van der Waals surface area contributed by atoms with E-state index in [-0.39, 0.29) is 5.75 Å². The monoisotopic (exact) mass is 274 g/mol. The van der Waals surface area contributed by atoms with Crippen molar-refractivity contribution in [1.29, 1.82) is 0 Å². The average molecular weight is 274 g/mol. The van der Waals surface area contributed by atoms with Gasteiger partial charge in [0.2, 0.25) is 5.88 Å². The molecule has 2 N–H and O–H groups in total. The molecule has 0 radical (unpaired) electrons. The Hall–Kier alpha value is -2.43. The van der Waals surface area contributed by atoms with E-state index in [1.807, 2.05) is 25.1 Å². The van der Waals surface area contributed by atoms with Crippen LogP contribution in [-0.4, -0.2) is 23.8 Å². The molecular weight excluding hydrogens is 256 g/mol. The summed E-state index contributed by atoms with van der Waals surface area (Å²) >= 11 is 0. The molecule has 1 heterocycles. The van der Waals surface area contributed by atoms with Gasteiger partial charge < -0.3 is 19.9 Å². The summed E-state index contributed by atoms with van der Waals surface area (Å²) in [7, 11) is 1.58. The van der Waals surface area contributed by atoms with E-state index in [2.05, 4.69) is 10.3 Å². The number of methoxy groups -OCH3 is 1. The molecule has 0 spiro atoms. The highest BCUT2D eigenvalue weighted by molar-refractivity contribution is 5.45. The van der Waals surface area contributed by atoms with Crippen molar-refractivity contribution in [3.63, 3.8) is 0 Å². The first-order valence-corrected chi connectivity index (χ1v) is 6.41. The number of hydrogen-bond acceptors (Lipinski definition) is 5. The summed E-state index contributed by atoms with van der Waals surface area (Å²) in [5, 5.41) is 12.9. The smallest absolute Gasteiger partial charge is 0.213 e. The third kappa shape index (κ3) is 3.54. The predicted molar refractivity (Wildman–Crippen MR) is 77.4 cm³/mol. The number of nitrogens with one attached hydrogen (secondary N) is 1. The summed E-state index contributed by atoms with van der Waals surface area (Å²) in [6.45, 7) is 3.02. The van der Waals surface area contributed by atoms with E-state index >= 15 is 0 Å². The van der Waals surface area contributed by atoms with Gasteiger partial charge in [0, 0.05) is 12.6 Å². The first-order valence-electron chi connectivity index (χ1n) is 6.41. The fourth-order valence-electron chi connectivity index (χ4n) is 1.75. The van der Waals surface area contributed by atoms with Gasteiger partial charge in [0.15, 0.2) is 11.5 Å². The second-order valence-corrected chi connectivity index (χ2v) is 4.18. The third-order valence-corrected chi connectivity index (χ3v) is 2.77. The molecule has 0 unspecified atom stereocenters. The molecule has 106 valence electrons. The maximum absolute atomic E-state index is 9.64. The maximum atomic E-state index is 9.64. The van der Waals surface area contributed by atoms with Gasteiger partial charge in [-0.25, -0.2) is 4.98 Å². The normalized spacial score (nSPS) is 10.1. The minimum Gasteiger partial charge on any atom is -0.504 e. The van der Waals surface area contributed by atoms with Crippen LogP contribution in [-0.2, 0) is 6.54 Å². The highest BCUT2D eigenvalue weighted by Gasteiger charge is 2.03. The van der Waals surface area contributed by atoms with Crippen LogP contribution in [0.25, 0.3) is 0 Å². The lowest BCUT2D eigenvalue weighted by atomic mass is 10.2. The quantitative estimate of drug-likeness (QED) is 0.848. The van der Waals surface area contributed by atoms with Crippen molar-refractivity contribution < 1.29 is 14.6 Å². The number of ether oxygens (including phenoxy) is 2. The highest BCUT2D eigenvalue weighted by atomic mass is 16.5. The summed E-state index contributed by atoms with van der Waals surface area (Å²) in [6, 6.07) is 9.00. The van der Waals surface area contributed by atoms with Gasteiger partial charge in [0.1, 0.15) is 0 Å². The SMILES string of the molecule is CCOc1cc(CNc2ccc(OC)nc2)ccc1O. The molecule has 0 atom stereocenters. The van der Waals surface area contributed by atoms with E-state index in [4.69, 9.17) is 9.47 Å². The molecule has 1 aromatic heterocycles. The van der Waals surface area contributed by atoms with Crippen LogP contribution in [0.3, 0.4) is 0 Å². The number of anilines is 1. The van der Waals surface area contributed by atoms with Crippen LogP contribution in [0.5, 0.6) is 17.4 Å². The molecule has 0 aliphatic carbocycles. The molecule has 0 saturated heterocycles. The van der Waals surface area contributed by atoms with Gasteiger partial charge >= 0.3 is 0 Å². The van der Waals surface area contributed by atoms with Gasteiger partial charge in [-0.05, 0) is 30.7 Å². The van der Waals surface area contributed by atoms with Gasteiger partial charge in [-0.3, -0.25) is 0 Å². The van der Waals surface area contributed by atoms with E-state index in [1.54, 1.807) is 25.4 Å². The lowest BCUT2D eigenvalue weighted by Crippen LogP contribution is -2.01. The van der Waals surface area contributed by atoms with Crippen molar-refractivity contribution in [3.05, 3.63) is 42.1 Å². The molecular formula is C15H18N2O3. The summed E-state index contributed by atoms with van der Waals surface area (Å²) in [4.78, 5) is 4.12. The second-order valence-electron chi connectivity index (χ2n) is 4.18. The zero-order chi connectivity index (χ0) is 14.4. The minimum atomic E-state index is 0.154. The molecule has 20 heavy (non-hydrogen) atoms. The van der Waals surface area contributed by atoms with Crippen LogP contribution in [0.15, 0.2) is 36.5 Å². The van der Waals surface area contributed by atoms with Crippen LogP contribution in [0, 0.1) is 0 Å². The van der Waals surface area contributed by atoms with Gasteiger partial charge in [0.25, 0.3) is 0 Å². The van der Waals surface area contributed by atoms with Crippen molar-refractivity contribution in [1.82, 2.24) is 4.98 Å². The zero-order valence-corrected chi connectivity index (χ0v) is 11.6. The molecule has 2 rings (SSSR count). The number of phenols is 1. The van der Waals surface area contributed by atoms with Crippen LogP contribution in [0.2, 0.25) is 0 Å². The van der Waals surface area contributed by atoms with Gasteiger partial charge in [-0.2, -0.15) is 0 Å². The summed E-state index contributed by atoms with van der Waals surface area (Å²) in [6.07, 6.45) is 1.71. The molecule has 2 aromatic rings. The number of hydrogen-bond donors (Lipinski definition) is 2. The number of benzene rings is 1. The molecule has 1 aromatic carbocycles. The summed E-state index contributed by atoms with van der Waals surface area (Å²) in [5.74, 6) is 1.24. The van der Waals surface area contributed by atoms with Crippen molar-refractivity contribution in [2.45, 2.75) is 13.5 Å². The number of aromatic nitrogens is 1. The molecule has 0 aliphatic heterocycles. The Morgan fingerprint density at radius 2 is 2.10 bits per heavy atom. The highest BCUT2D eigenvalue weighted by Crippen LogP contribution is 2.27. The van der Waals surface area contributed by atoms with E-state index in [9.17, 15) is 5.11 Å². The fourth-order valence-corrected chi connectivity index (χ4v) is 1.75. The zero-order valence-electron chi connectivity index (χ0n) is 11.6. The molecule has 0 fully saturated rings. The lowest BCUT2D eigenvalue weighted by molar-refractivity contribution is 0.318. The van der Waals surface area contributed by atoms with Crippen LogP contribution < -0.4 is 14.8 Å². The number of pyridine rings is 1. The molecule has 5 nitrogen and oxygen atoms in total. The standard InChI is InChI=1S/C15H18N2O3/c1-3-20-14-8-11(4-6-13(14)18)9-16-12-5-7-15(19-2)17-10-12/h4-8,10,16,18H,3,9H2,1-2H3. The van der Waals surface area contributed by atoms with Gasteiger partial charge in [-0.15, -0.1) is 0 Å². The third-order valence-electron chi connectivity index (χ3n) is 2.77. The summed E-state index contributed by atoms with van der Waals surface area (Å²) < 4.78 is 10.4. The van der Waals surface area contributed by atoms with Gasteiger partial charge in [0.05, 0.1) is 25.6 Å². The van der Waals surface area contributed by atoms with E-state index in [0.29, 0.717) is 24.8 Å². The Morgan fingerprint density at radius 1 is 1.25 bits per heavy atom. The number of aromatic hydroxyl groups is 1. The Kier molecular flexibility index (Phi) is 4.65. The number of phenolic OH excluding ortho intramolecular Hbond substituents is 1. The topological polar surface area (TPSA) is 63.6 Å². The fraction of sp³-hybridized carbons (Fsp3) is 0.267. The van der Waals surface area contributed by atoms with Crippen molar-refractivity contribution in [2.24, 2.45) is 0 Å². The largest absolute Gasteiger partial charge is 0.504 e. The van der Waals surface area contributed by atoms with Crippen LogP contribution >= 0.6 is 0 Å². The molecule has 0 bridgehead atoms. The van der Waals surface area contributed by atoms with Crippen molar-refractivity contribution >= 4 is 5.69 Å². The van der Waals surface area contributed by atoms with E-state index in [0.717, 1.165) is 11.3 Å². The molecule has 0 amide bonds. The first kappa shape index (κ1) is 14.0. The Morgan fingerprint density at radius 3 is 2.75 bits per heavy atom. The average Bonchev–Trinajstić information content (AvgIpc) is 2.49. The second kappa shape index (κ2) is 6.65. The first-order chi connectivity index (χ1) is 9.72. The Bertz CT molecular complexity index is 556. The van der Waals surface area contributed by atoms with Gasteiger partial charge in [-0.1, -0.05) is 6.07 Å². The lowest BCUT2D eigenvalue weighted by Gasteiger charge is -2.10. The number of nitrogens with zero attached hydrogens (tertiary/aromatic N) is 1. The maximum Gasteiger partial charge on any atom is 0.213 e. The van der Waals surface area contributed by atoms with Crippen LogP contribution in [0.4, 0.5) is 5.69 Å². The predicted octanol–water partition coefficient (Wildman–Crippen LogP) is 2.81. The van der Waals surface area contributed by atoms with Crippen molar-refractivity contribution in [2.75, 3.05) is 19.0 Å². The Balaban J connectivity index is 2.00. The van der Waals surface area contributed by atoms with E-state index < -0.39 is 0 Å². The Labute approximate surface area is 118 Å². The minimum absolute atomic E-state index is 0.154. The number of rotatable bonds is 6. The van der Waals surface area contributed by atoms with Crippen LogP contribution in [0.1, 0.15) is 12.5 Å². The van der Waals surface area contributed by atoms with Crippen molar-refractivity contribution in [3.8, 4) is 17.4 Å².